The molecule has 1 fully saturated rings. The van der Waals surface area contributed by atoms with Crippen molar-refractivity contribution < 1.29 is 14.3 Å². The van der Waals surface area contributed by atoms with Crippen LogP contribution in [0, 0.1) is 0 Å². The summed E-state index contributed by atoms with van der Waals surface area (Å²) in [5.74, 6) is 1.77. The maximum absolute atomic E-state index is 13.4. The largest absolute Gasteiger partial charge is 0.487 e. The van der Waals surface area contributed by atoms with E-state index in [2.05, 4.69) is 74.7 Å². The zero-order valence-corrected chi connectivity index (χ0v) is 24.6. The van der Waals surface area contributed by atoms with Crippen molar-refractivity contribution in [2.75, 3.05) is 43.0 Å². The molecule has 1 saturated heterocycles. The summed E-state index contributed by atoms with van der Waals surface area (Å²) < 4.78 is 12.4. The second kappa shape index (κ2) is 11.9. The van der Waals surface area contributed by atoms with Crippen LogP contribution in [0.5, 0.6) is 5.75 Å². The van der Waals surface area contributed by atoms with E-state index >= 15 is 0 Å². The van der Waals surface area contributed by atoms with E-state index in [9.17, 15) is 4.79 Å². The lowest BCUT2D eigenvalue weighted by molar-refractivity contribution is -0.0343. The number of amides is 1. The van der Waals surface area contributed by atoms with Gasteiger partial charge in [-0.3, -0.25) is 4.79 Å². The van der Waals surface area contributed by atoms with Crippen LogP contribution in [-0.4, -0.2) is 70.8 Å². The van der Waals surface area contributed by atoms with E-state index < -0.39 is 0 Å². The molecule has 0 aliphatic carbocycles. The normalized spacial score (nSPS) is 16.0. The average molecular weight is 536 g/mol. The van der Waals surface area contributed by atoms with Gasteiger partial charge in [0.15, 0.2) is 5.82 Å². The first-order valence-electron chi connectivity index (χ1n) is 14.2. The van der Waals surface area contributed by atoms with Gasteiger partial charge in [-0.1, -0.05) is 6.92 Å². The molecule has 1 amide bonds. The van der Waals surface area contributed by atoms with Crippen LogP contribution >= 0.6 is 0 Å². The molecule has 2 N–H and O–H groups in total. The van der Waals surface area contributed by atoms with E-state index in [0.717, 1.165) is 54.1 Å². The smallest absolute Gasteiger partial charge is 0.270 e. The third-order valence-corrected chi connectivity index (χ3v) is 7.20. The third-order valence-electron chi connectivity index (χ3n) is 7.20. The first-order chi connectivity index (χ1) is 18.5. The van der Waals surface area contributed by atoms with Crippen LogP contribution in [-0.2, 0) is 4.74 Å². The van der Waals surface area contributed by atoms with Crippen molar-refractivity contribution in [3.8, 4) is 5.75 Å². The van der Waals surface area contributed by atoms with Crippen molar-refractivity contribution in [2.45, 2.75) is 78.6 Å². The molecule has 1 unspecified atom stereocenters. The van der Waals surface area contributed by atoms with Crippen molar-refractivity contribution in [1.82, 2.24) is 14.9 Å². The number of ether oxygens (including phenoxy) is 2. The van der Waals surface area contributed by atoms with E-state index in [1.54, 1.807) is 0 Å². The molecule has 0 saturated carbocycles. The quantitative estimate of drug-likeness (QED) is 0.327. The maximum Gasteiger partial charge on any atom is 0.270 e. The van der Waals surface area contributed by atoms with Gasteiger partial charge in [0.25, 0.3) is 5.91 Å². The summed E-state index contributed by atoms with van der Waals surface area (Å²) in [5.41, 5.74) is 2.07. The Bertz CT molecular complexity index is 1260. The number of anilines is 2. The summed E-state index contributed by atoms with van der Waals surface area (Å²) in [7, 11) is 0. The summed E-state index contributed by atoms with van der Waals surface area (Å²) >= 11 is 0. The summed E-state index contributed by atoms with van der Waals surface area (Å²) in [5, 5.41) is 4.45. The number of pyridine rings is 1. The Morgan fingerprint density at radius 1 is 1.10 bits per heavy atom. The molecule has 3 heterocycles. The van der Waals surface area contributed by atoms with E-state index in [-0.39, 0.29) is 17.1 Å². The second-order valence-electron chi connectivity index (χ2n) is 12.0. The van der Waals surface area contributed by atoms with Crippen LogP contribution in [0.15, 0.2) is 42.6 Å². The number of aromatic amines is 1. The van der Waals surface area contributed by atoms with Crippen molar-refractivity contribution in [3.05, 3.63) is 48.3 Å². The number of carbonyl (C=O) groups is 1. The minimum atomic E-state index is -0.328. The molecule has 8 heteroatoms. The van der Waals surface area contributed by atoms with Crippen LogP contribution in [0.4, 0.5) is 11.5 Å². The highest BCUT2D eigenvalue weighted by atomic mass is 16.5. The van der Waals surface area contributed by atoms with Crippen LogP contribution in [0.2, 0.25) is 0 Å². The molecule has 3 aromatic rings. The van der Waals surface area contributed by atoms with Gasteiger partial charge in [-0.05, 0) is 84.4 Å². The van der Waals surface area contributed by atoms with Gasteiger partial charge in [-0.25, -0.2) is 4.98 Å². The van der Waals surface area contributed by atoms with E-state index in [0.29, 0.717) is 31.4 Å². The highest BCUT2D eigenvalue weighted by Gasteiger charge is 2.27. The molecule has 1 aromatic carbocycles. The molecule has 1 atom stereocenters. The predicted molar refractivity (Wildman–Crippen MR) is 159 cm³/mol. The van der Waals surface area contributed by atoms with E-state index in [1.807, 2.05) is 41.4 Å². The number of aromatic nitrogens is 2. The Labute approximate surface area is 233 Å². The van der Waals surface area contributed by atoms with Gasteiger partial charge in [0.2, 0.25) is 0 Å². The summed E-state index contributed by atoms with van der Waals surface area (Å²) in [6, 6.07) is 12.2. The molecule has 1 aliphatic heterocycles. The van der Waals surface area contributed by atoms with Gasteiger partial charge in [-0.15, -0.1) is 0 Å². The van der Waals surface area contributed by atoms with Gasteiger partial charge >= 0.3 is 0 Å². The number of piperazine rings is 1. The second-order valence-corrected chi connectivity index (χ2v) is 12.0. The number of hydrogen-bond acceptors (Lipinski definition) is 6. The average Bonchev–Trinajstić information content (AvgIpc) is 3.31. The number of nitrogens with one attached hydrogen (secondary N) is 2. The number of benzene rings is 1. The highest BCUT2D eigenvalue weighted by Crippen LogP contribution is 2.29. The summed E-state index contributed by atoms with van der Waals surface area (Å²) in [6.07, 6.45) is 3.49. The molecule has 2 aromatic heterocycles. The fourth-order valence-corrected chi connectivity index (χ4v) is 4.81. The Hall–Kier alpha value is -3.26. The Balaban J connectivity index is 1.39. The zero-order valence-electron chi connectivity index (χ0n) is 24.6. The van der Waals surface area contributed by atoms with Crippen molar-refractivity contribution in [3.63, 3.8) is 0 Å². The van der Waals surface area contributed by atoms with Gasteiger partial charge in [0, 0.05) is 55.7 Å². The molecule has 4 rings (SSSR count). The van der Waals surface area contributed by atoms with Gasteiger partial charge in [0.1, 0.15) is 17.0 Å². The van der Waals surface area contributed by atoms with Crippen molar-refractivity contribution in [2.24, 2.45) is 0 Å². The Morgan fingerprint density at radius 3 is 2.51 bits per heavy atom. The molecule has 0 radical (unpaired) electrons. The van der Waals surface area contributed by atoms with Crippen molar-refractivity contribution in [1.29, 1.82) is 0 Å². The lowest BCUT2D eigenvalue weighted by atomic mass is 9.99. The third kappa shape index (κ3) is 7.44. The number of hydrogen-bond donors (Lipinski definition) is 2. The van der Waals surface area contributed by atoms with Gasteiger partial charge in [-0.2, -0.15) is 0 Å². The molecule has 8 nitrogen and oxygen atoms in total. The fourth-order valence-electron chi connectivity index (χ4n) is 4.81. The number of fused-ring (bicyclic) bond motifs is 1. The van der Waals surface area contributed by atoms with E-state index in [4.69, 9.17) is 9.47 Å². The molecular weight excluding hydrogens is 490 g/mol. The summed E-state index contributed by atoms with van der Waals surface area (Å²) in [4.78, 5) is 25.5. The van der Waals surface area contributed by atoms with Crippen molar-refractivity contribution >= 4 is 28.3 Å². The van der Waals surface area contributed by atoms with E-state index in [1.165, 1.54) is 0 Å². The lowest BCUT2D eigenvalue weighted by Crippen LogP contribution is -2.49. The van der Waals surface area contributed by atoms with Crippen LogP contribution in [0.1, 0.15) is 71.8 Å². The minimum absolute atomic E-state index is 0.0209. The van der Waals surface area contributed by atoms with Crippen LogP contribution < -0.4 is 15.0 Å². The standard InChI is InChI=1S/C31H45N5O3/c1-8-31(7,13-19-38-30(4,5)6)39-24-11-12-25-23(20-24)21-27(34-25)29(37)36-17-15-35(16-18-36)28-26(33-22(2)3)10-9-14-32-28/h9-12,14,20-22,33-34H,8,13,15-19H2,1-7H3. The van der Waals surface area contributed by atoms with Crippen LogP contribution in [0.25, 0.3) is 10.9 Å². The maximum atomic E-state index is 13.4. The monoisotopic (exact) mass is 535 g/mol. The van der Waals surface area contributed by atoms with Crippen LogP contribution in [0.3, 0.4) is 0 Å². The summed E-state index contributed by atoms with van der Waals surface area (Å²) in [6.45, 7) is 18.1. The number of H-pyrrole nitrogens is 1. The Kier molecular flexibility index (Phi) is 8.74. The first kappa shape index (κ1) is 28.7. The lowest BCUT2D eigenvalue weighted by Gasteiger charge is -2.36. The van der Waals surface area contributed by atoms with Gasteiger partial charge < -0.3 is 29.6 Å². The molecule has 212 valence electrons. The minimum Gasteiger partial charge on any atom is -0.487 e. The zero-order chi connectivity index (χ0) is 28.2. The first-order valence-corrected chi connectivity index (χ1v) is 14.2. The Morgan fingerprint density at radius 2 is 1.85 bits per heavy atom. The number of rotatable bonds is 10. The number of carbonyl (C=O) groups excluding carboxylic acids is 1. The predicted octanol–water partition coefficient (Wildman–Crippen LogP) is 6.10. The molecule has 0 bridgehead atoms. The molecular formula is C31H45N5O3. The fraction of sp³-hybridized carbons (Fsp3) is 0.548. The number of nitrogens with zero attached hydrogens (tertiary/aromatic N) is 3. The highest BCUT2D eigenvalue weighted by molar-refractivity contribution is 5.98. The molecule has 0 spiro atoms. The molecule has 39 heavy (non-hydrogen) atoms. The molecule has 1 aliphatic rings. The van der Waals surface area contributed by atoms with Gasteiger partial charge in [0.05, 0.1) is 17.9 Å². The SMILES string of the molecule is CCC(C)(CCOC(C)(C)C)Oc1ccc2[nH]c(C(=O)N3CCN(c4ncccc4NC(C)C)CC3)cc2c1. The topological polar surface area (TPSA) is 82.7 Å².